The molecule has 2 aromatic heterocycles. The Kier molecular flexibility index (Phi) is 3.13. The Morgan fingerprint density at radius 2 is 2.29 bits per heavy atom. The third-order valence-electron chi connectivity index (χ3n) is 3.07. The molecule has 0 aliphatic carbocycles. The fraction of sp³-hybridized carbons (Fsp3) is 0.231. The molecule has 21 heavy (non-hydrogen) atoms. The van der Waals surface area contributed by atoms with Gasteiger partial charge in [0, 0.05) is 16.2 Å². The quantitative estimate of drug-likeness (QED) is 0.408. The largest absolute Gasteiger partial charge is 0.594 e. The van der Waals surface area contributed by atoms with E-state index in [2.05, 4.69) is 10.2 Å². The van der Waals surface area contributed by atoms with Crippen LogP contribution >= 0.6 is 11.6 Å². The van der Waals surface area contributed by atoms with Crippen molar-refractivity contribution in [2.45, 2.75) is 13.8 Å². The molecule has 0 radical (unpaired) electrons. The molecule has 1 aromatic carbocycles. The number of benzene rings is 1. The first-order chi connectivity index (χ1) is 10.0. The summed E-state index contributed by atoms with van der Waals surface area (Å²) in [7, 11) is 0. The first kappa shape index (κ1) is 13.6. The second kappa shape index (κ2) is 4.85. The van der Waals surface area contributed by atoms with Gasteiger partial charge in [-0.1, -0.05) is 11.6 Å². The van der Waals surface area contributed by atoms with Gasteiger partial charge in [0.25, 0.3) is 5.52 Å². The Morgan fingerprint density at radius 1 is 1.52 bits per heavy atom. The number of halogens is 1. The lowest BCUT2D eigenvalue weighted by molar-refractivity contribution is -0.640. The molecule has 0 atom stereocenters. The van der Waals surface area contributed by atoms with Gasteiger partial charge in [0.1, 0.15) is 11.1 Å². The predicted molar refractivity (Wildman–Crippen MR) is 75.2 cm³/mol. The highest BCUT2D eigenvalue weighted by Gasteiger charge is 2.24. The molecule has 0 aliphatic heterocycles. The van der Waals surface area contributed by atoms with Crippen molar-refractivity contribution in [3.05, 3.63) is 39.7 Å². The number of rotatable bonds is 2. The Labute approximate surface area is 124 Å². The summed E-state index contributed by atoms with van der Waals surface area (Å²) in [5, 5.41) is 20.6. The smallest absolute Gasteiger partial charge is 0.344 e. The fourth-order valence-corrected chi connectivity index (χ4v) is 2.35. The summed E-state index contributed by atoms with van der Waals surface area (Å²) < 4.78 is 6.41. The standard InChI is InChI=1S/C13H11ClN4O3/c1-3-21-13(19)11-7(2)15-17-10-6-8(14)4-5-9(10)18(20)16-12(11)17/h4-6H,3H2,1-2H3. The van der Waals surface area contributed by atoms with Crippen LogP contribution in [0.4, 0.5) is 0 Å². The number of hydrogen-bond acceptors (Lipinski definition) is 5. The zero-order chi connectivity index (χ0) is 15.1. The summed E-state index contributed by atoms with van der Waals surface area (Å²) in [6, 6.07) is 4.74. The van der Waals surface area contributed by atoms with Crippen molar-refractivity contribution in [1.29, 1.82) is 0 Å². The van der Waals surface area contributed by atoms with Gasteiger partial charge in [0.05, 0.1) is 12.3 Å². The van der Waals surface area contributed by atoms with Crippen LogP contribution in [-0.4, -0.2) is 27.3 Å². The Balaban J connectivity index is 2.41. The Hall–Kier alpha value is -2.41. The van der Waals surface area contributed by atoms with Crippen molar-refractivity contribution in [2.24, 2.45) is 0 Å². The Bertz CT molecular complexity index is 875. The van der Waals surface area contributed by atoms with E-state index >= 15 is 0 Å². The number of carbonyl (C=O) groups excluding carboxylic acids is 1. The fourth-order valence-electron chi connectivity index (χ4n) is 2.19. The monoisotopic (exact) mass is 306 g/mol. The van der Waals surface area contributed by atoms with E-state index in [4.69, 9.17) is 16.3 Å². The van der Waals surface area contributed by atoms with E-state index in [0.29, 0.717) is 26.6 Å². The zero-order valence-electron chi connectivity index (χ0n) is 11.3. The minimum absolute atomic E-state index is 0.149. The van der Waals surface area contributed by atoms with Crippen LogP contribution in [0.15, 0.2) is 18.2 Å². The second-order valence-corrected chi connectivity index (χ2v) is 4.86. The van der Waals surface area contributed by atoms with E-state index in [1.165, 1.54) is 4.52 Å². The van der Waals surface area contributed by atoms with Gasteiger partial charge in [-0.05, 0) is 30.8 Å². The molecule has 0 saturated heterocycles. The minimum atomic E-state index is -0.557. The molecule has 108 valence electrons. The summed E-state index contributed by atoms with van der Waals surface area (Å²) in [5.41, 5.74) is 1.55. The summed E-state index contributed by atoms with van der Waals surface area (Å²) in [5.74, 6) is -0.557. The number of ether oxygens (including phenoxy) is 1. The SMILES string of the molecule is CCOC(=O)c1c(C)nn2c1n[n+]([O-])c1ccc(Cl)cc12. The highest BCUT2D eigenvalue weighted by Crippen LogP contribution is 2.21. The first-order valence-corrected chi connectivity index (χ1v) is 6.66. The van der Waals surface area contributed by atoms with Crippen LogP contribution < -0.4 is 4.85 Å². The van der Waals surface area contributed by atoms with E-state index in [1.807, 2.05) is 0 Å². The molecule has 7 nitrogen and oxygen atoms in total. The average Bonchev–Trinajstić information content (AvgIpc) is 2.75. The summed E-state index contributed by atoms with van der Waals surface area (Å²) in [4.78, 5) is 12.5. The van der Waals surface area contributed by atoms with Gasteiger partial charge in [0.2, 0.25) is 5.65 Å². The maximum absolute atomic E-state index is 12.0. The topological polar surface area (TPSA) is 83.4 Å². The molecule has 0 saturated carbocycles. The molecule has 0 bridgehead atoms. The number of fused-ring (bicyclic) bond motifs is 3. The van der Waals surface area contributed by atoms with Gasteiger partial charge in [-0.25, -0.2) is 9.31 Å². The van der Waals surface area contributed by atoms with Crippen molar-refractivity contribution in [3.63, 3.8) is 0 Å². The summed E-state index contributed by atoms with van der Waals surface area (Å²) in [6.07, 6.45) is 0. The van der Waals surface area contributed by atoms with Crippen LogP contribution in [0.25, 0.3) is 16.7 Å². The van der Waals surface area contributed by atoms with Crippen LogP contribution in [-0.2, 0) is 4.74 Å². The lowest BCUT2D eigenvalue weighted by atomic mass is 10.2. The van der Waals surface area contributed by atoms with E-state index in [9.17, 15) is 10.0 Å². The van der Waals surface area contributed by atoms with Crippen molar-refractivity contribution in [2.75, 3.05) is 6.61 Å². The molecule has 3 rings (SSSR count). The first-order valence-electron chi connectivity index (χ1n) is 6.28. The molecule has 0 aliphatic rings. The van der Waals surface area contributed by atoms with E-state index < -0.39 is 5.97 Å². The molecule has 0 unspecified atom stereocenters. The van der Waals surface area contributed by atoms with E-state index in [1.54, 1.807) is 32.0 Å². The highest BCUT2D eigenvalue weighted by atomic mass is 35.5. The van der Waals surface area contributed by atoms with E-state index in [0.717, 1.165) is 0 Å². The van der Waals surface area contributed by atoms with Crippen molar-refractivity contribution >= 4 is 34.3 Å². The maximum Gasteiger partial charge on any atom is 0.344 e. The second-order valence-electron chi connectivity index (χ2n) is 4.42. The third kappa shape index (κ3) is 2.06. The maximum atomic E-state index is 12.0. The highest BCUT2D eigenvalue weighted by molar-refractivity contribution is 6.31. The van der Waals surface area contributed by atoms with Gasteiger partial charge in [-0.2, -0.15) is 5.10 Å². The lowest BCUT2D eigenvalue weighted by Gasteiger charge is -2.03. The van der Waals surface area contributed by atoms with Crippen LogP contribution in [0.5, 0.6) is 0 Å². The summed E-state index contributed by atoms with van der Waals surface area (Å²) in [6.45, 7) is 3.59. The molecule has 0 spiro atoms. The van der Waals surface area contributed by atoms with Crippen LogP contribution in [0, 0.1) is 12.1 Å². The average molecular weight is 307 g/mol. The van der Waals surface area contributed by atoms with Crippen molar-refractivity contribution < 1.29 is 14.4 Å². The lowest BCUT2D eigenvalue weighted by Crippen LogP contribution is -2.33. The molecular weight excluding hydrogens is 296 g/mol. The van der Waals surface area contributed by atoms with Crippen molar-refractivity contribution in [3.8, 4) is 0 Å². The van der Waals surface area contributed by atoms with Gasteiger partial charge in [0.15, 0.2) is 0 Å². The van der Waals surface area contributed by atoms with E-state index in [-0.39, 0.29) is 17.8 Å². The van der Waals surface area contributed by atoms with Crippen molar-refractivity contribution in [1.82, 2.24) is 14.7 Å². The number of hydrogen-bond donors (Lipinski definition) is 0. The van der Waals surface area contributed by atoms with Crippen LogP contribution in [0.1, 0.15) is 23.0 Å². The molecule has 0 fully saturated rings. The number of nitrogens with zero attached hydrogens (tertiary/aromatic N) is 4. The molecular formula is C13H11ClN4O3. The molecule has 2 heterocycles. The van der Waals surface area contributed by atoms with Gasteiger partial charge >= 0.3 is 5.97 Å². The normalized spacial score (nSPS) is 11.2. The Morgan fingerprint density at radius 3 is 3.00 bits per heavy atom. The molecule has 8 heteroatoms. The predicted octanol–water partition coefficient (Wildman–Crippen LogP) is 1.65. The van der Waals surface area contributed by atoms with Gasteiger partial charge in [-0.3, -0.25) is 0 Å². The molecule has 0 N–H and O–H groups in total. The van der Waals surface area contributed by atoms with Gasteiger partial charge in [-0.15, -0.1) is 0 Å². The number of aryl methyl sites for hydroxylation is 1. The van der Waals surface area contributed by atoms with Crippen LogP contribution in [0.3, 0.4) is 0 Å². The third-order valence-corrected chi connectivity index (χ3v) is 3.31. The van der Waals surface area contributed by atoms with Gasteiger partial charge < -0.3 is 9.94 Å². The molecule has 0 amide bonds. The zero-order valence-corrected chi connectivity index (χ0v) is 12.1. The number of aromatic nitrogens is 4. The minimum Gasteiger partial charge on any atom is -0.594 e. The molecule has 3 aromatic rings. The number of esters is 1. The van der Waals surface area contributed by atoms with Crippen LogP contribution in [0.2, 0.25) is 5.02 Å². The number of carbonyl (C=O) groups is 1. The summed E-state index contributed by atoms with van der Waals surface area (Å²) >= 11 is 5.97.